The number of benzene rings is 4. The van der Waals surface area contributed by atoms with Gasteiger partial charge in [-0.25, -0.2) is 4.39 Å². The molecule has 0 aliphatic carbocycles. The van der Waals surface area contributed by atoms with Gasteiger partial charge in [0.2, 0.25) is 5.91 Å². The van der Waals surface area contributed by atoms with Crippen molar-refractivity contribution < 1.29 is 13.9 Å². The fraction of sp³-hybridized carbons (Fsp3) is 0.0385. The Morgan fingerprint density at radius 3 is 2.55 bits per heavy atom. The van der Waals surface area contributed by atoms with E-state index in [0.29, 0.717) is 34.1 Å². The largest absolute Gasteiger partial charge is 0.457 e. The van der Waals surface area contributed by atoms with E-state index in [-0.39, 0.29) is 5.82 Å². The van der Waals surface area contributed by atoms with E-state index in [4.69, 9.17) is 10.5 Å². The van der Waals surface area contributed by atoms with Gasteiger partial charge in [-0.05, 0) is 54.1 Å². The second-order valence-electron chi connectivity index (χ2n) is 7.26. The quantitative estimate of drug-likeness (QED) is 0.406. The molecule has 0 bridgehead atoms. The van der Waals surface area contributed by atoms with E-state index in [1.807, 2.05) is 65.2 Å². The second kappa shape index (κ2) is 7.61. The van der Waals surface area contributed by atoms with E-state index in [1.54, 1.807) is 12.1 Å². The smallest absolute Gasteiger partial charge is 0.249 e. The Kier molecular flexibility index (Phi) is 4.64. The van der Waals surface area contributed by atoms with Crippen molar-refractivity contribution in [1.29, 1.82) is 0 Å². The summed E-state index contributed by atoms with van der Waals surface area (Å²) in [5.74, 6) is 0.496. The number of nitrogens with zero attached hydrogens (tertiary/aromatic N) is 1. The number of carbonyl (C=O) groups excluding carboxylic acids is 1. The van der Waals surface area contributed by atoms with E-state index >= 15 is 0 Å². The molecule has 0 unspecified atom stereocenters. The molecule has 2 N–H and O–H groups in total. The first-order valence-electron chi connectivity index (χ1n) is 9.84. The summed E-state index contributed by atoms with van der Waals surface area (Å²) in [4.78, 5) is 12.0. The average molecular weight is 409 g/mol. The monoisotopic (exact) mass is 409 g/mol. The van der Waals surface area contributed by atoms with Gasteiger partial charge in [-0.15, -0.1) is 0 Å². The Labute approximate surface area is 178 Å². The minimum absolute atomic E-state index is 0.351. The Balaban J connectivity index is 1.63. The number of ether oxygens (including phenoxy) is 1. The van der Waals surface area contributed by atoms with E-state index in [2.05, 4.69) is 6.07 Å². The van der Waals surface area contributed by atoms with E-state index < -0.39 is 5.91 Å². The zero-order chi connectivity index (χ0) is 21.4. The van der Waals surface area contributed by atoms with Crippen LogP contribution in [-0.4, -0.2) is 10.5 Å². The zero-order valence-corrected chi connectivity index (χ0v) is 16.5. The number of primary amides is 1. The van der Waals surface area contributed by atoms with Crippen LogP contribution in [0.15, 0.2) is 84.9 Å². The third-order valence-corrected chi connectivity index (χ3v) is 5.26. The molecule has 0 saturated carbocycles. The third kappa shape index (κ3) is 3.40. The number of para-hydroxylation sites is 1. The fourth-order valence-electron chi connectivity index (χ4n) is 3.95. The van der Waals surface area contributed by atoms with Crippen LogP contribution >= 0.6 is 0 Å². The summed E-state index contributed by atoms with van der Waals surface area (Å²) >= 11 is 0. The van der Waals surface area contributed by atoms with Crippen molar-refractivity contribution in [2.75, 3.05) is 0 Å². The summed E-state index contributed by atoms with van der Waals surface area (Å²) in [6.45, 7) is 0.392. The summed E-state index contributed by atoms with van der Waals surface area (Å²) < 4.78 is 22.7. The lowest BCUT2D eigenvalue weighted by molar-refractivity contribution is 0.100. The summed E-state index contributed by atoms with van der Waals surface area (Å²) in [6, 6.07) is 28.4. The third-order valence-electron chi connectivity index (χ3n) is 5.26. The first-order chi connectivity index (χ1) is 15.1. The van der Waals surface area contributed by atoms with Crippen molar-refractivity contribution in [2.45, 2.75) is 6.54 Å². The molecule has 5 heteroatoms. The molecule has 151 valence electrons. The molecule has 0 saturated heterocycles. The number of carbonyl (C=O) groups is 1. The molecule has 1 heterocycles. The molecule has 1 aromatic heterocycles. The summed E-state index contributed by atoms with van der Waals surface area (Å²) in [5.41, 5.74) is 7.99. The van der Waals surface area contributed by atoms with Gasteiger partial charge >= 0.3 is 0 Å². The molecule has 1 amide bonds. The second-order valence-corrected chi connectivity index (χ2v) is 7.26. The van der Waals surface area contributed by atoms with Crippen LogP contribution in [0.25, 0.3) is 21.8 Å². The van der Waals surface area contributed by atoms with Crippen LogP contribution in [0, 0.1) is 11.9 Å². The molecule has 5 rings (SSSR count). The minimum atomic E-state index is -0.555. The van der Waals surface area contributed by atoms with Crippen molar-refractivity contribution in [3.63, 3.8) is 0 Å². The van der Waals surface area contributed by atoms with Gasteiger partial charge < -0.3 is 15.0 Å². The number of hydrogen-bond donors (Lipinski definition) is 1. The van der Waals surface area contributed by atoms with Crippen molar-refractivity contribution in [3.8, 4) is 11.5 Å². The average Bonchev–Trinajstić information content (AvgIpc) is 3.10. The van der Waals surface area contributed by atoms with Crippen LogP contribution in [-0.2, 0) is 6.54 Å². The molecule has 0 aliphatic rings. The first-order valence-corrected chi connectivity index (χ1v) is 9.84. The van der Waals surface area contributed by atoms with Gasteiger partial charge in [-0.2, -0.15) is 0 Å². The number of rotatable bonds is 5. The lowest BCUT2D eigenvalue weighted by atomic mass is 10.1. The number of hydrogen-bond acceptors (Lipinski definition) is 2. The Bertz CT molecular complexity index is 1420. The highest BCUT2D eigenvalue weighted by molar-refractivity contribution is 6.17. The predicted octanol–water partition coefficient (Wildman–Crippen LogP) is 5.67. The number of fused-ring (bicyclic) bond motifs is 3. The van der Waals surface area contributed by atoms with E-state index in [9.17, 15) is 9.18 Å². The first kappa shape index (κ1) is 18.9. The normalized spacial score (nSPS) is 11.1. The van der Waals surface area contributed by atoms with Crippen molar-refractivity contribution >= 4 is 27.7 Å². The highest BCUT2D eigenvalue weighted by atomic mass is 19.1. The molecule has 1 radical (unpaired) electrons. The molecule has 0 atom stereocenters. The summed E-state index contributed by atoms with van der Waals surface area (Å²) in [7, 11) is 0. The summed E-state index contributed by atoms with van der Waals surface area (Å²) in [6.07, 6.45) is 0. The van der Waals surface area contributed by atoms with Gasteiger partial charge in [-0.3, -0.25) is 4.79 Å². The van der Waals surface area contributed by atoms with Gasteiger partial charge in [0.05, 0.1) is 11.0 Å². The Morgan fingerprint density at radius 2 is 1.74 bits per heavy atom. The Morgan fingerprint density at radius 1 is 0.968 bits per heavy atom. The minimum Gasteiger partial charge on any atom is -0.457 e. The van der Waals surface area contributed by atoms with Gasteiger partial charge in [0.25, 0.3) is 0 Å². The molecule has 5 aromatic rings. The van der Waals surface area contributed by atoms with Crippen molar-refractivity contribution in [1.82, 2.24) is 4.57 Å². The van der Waals surface area contributed by atoms with Gasteiger partial charge in [0.15, 0.2) is 0 Å². The molecule has 4 aromatic carbocycles. The Hall–Kier alpha value is -4.12. The predicted molar refractivity (Wildman–Crippen MR) is 119 cm³/mol. The van der Waals surface area contributed by atoms with Gasteiger partial charge in [-0.1, -0.05) is 42.5 Å². The van der Waals surface area contributed by atoms with Crippen LogP contribution in [0.4, 0.5) is 4.39 Å². The maximum atomic E-state index is 14.9. The molecule has 0 spiro atoms. The number of aromatic nitrogens is 1. The molecule has 4 nitrogen and oxygen atoms in total. The van der Waals surface area contributed by atoms with Crippen LogP contribution in [0.3, 0.4) is 0 Å². The molecular weight excluding hydrogens is 391 g/mol. The topological polar surface area (TPSA) is 57.2 Å². The van der Waals surface area contributed by atoms with Crippen LogP contribution in [0.1, 0.15) is 15.9 Å². The zero-order valence-electron chi connectivity index (χ0n) is 16.5. The fourth-order valence-corrected chi connectivity index (χ4v) is 3.95. The van der Waals surface area contributed by atoms with Crippen LogP contribution < -0.4 is 10.5 Å². The maximum absolute atomic E-state index is 14.9. The number of nitrogens with two attached hydrogens (primary N) is 1. The van der Waals surface area contributed by atoms with E-state index in [1.165, 1.54) is 12.1 Å². The lowest BCUT2D eigenvalue weighted by Crippen LogP contribution is -2.11. The van der Waals surface area contributed by atoms with Gasteiger partial charge in [0.1, 0.15) is 17.3 Å². The van der Waals surface area contributed by atoms with Crippen LogP contribution in [0.5, 0.6) is 11.5 Å². The summed E-state index contributed by atoms with van der Waals surface area (Å²) in [5, 5.41) is 1.15. The van der Waals surface area contributed by atoms with E-state index in [0.717, 1.165) is 16.8 Å². The molecule has 0 aliphatic heterocycles. The maximum Gasteiger partial charge on any atom is 0.249 e. The highest BCUT2D eigenvalue weighted by Gasteiger charge is 2.19. The van der Waals surface area contributed by atoms with Gasteiger partial charge in [0, 0.05) is 22.9 Å². The molecule has 0 fully saturated rings. The molecular formula is C26H18FN2O2. The SMILES string of the molecule is NC(=O)c1cccc2c1c1[c]ccc(F)c1n2Cc1cccc(Oc2ccccc2)c1. The number of amides is 1. The number of halogens is 1. The van der Waals surface area contributed by atoms with Crippen molar-refractivity contribution in [2.24, 2.45) is 5.73 Å². The standard InChI is InChI=1S/C26H18FN2O2/c27-22-13-5-11-20-24-21(26(28)30)12-6-14-23(24)29(25(20)22)16-17-7-4-10-19(15-17)31-18-8-2-1-3-9-18/h1-10,12-15H,16H2,(H2,28,30). The van der Waals surface area contributed by atoms with Crippen molar-refractivity contribution in [3.05, 3.63) is 108 Å². The highest BCUT2D eigenvalue weighted by Crippen LogP contribution is 2.34. The molecule has 31 heavy (non-hydrogen) atoms. The lowest BCUT2D eigenvalue weighted by Gasteiger charge is -2.11. The van der Waals surface area contributed by atoms with Crippen LogP contribution in [0.2, 0.25) is 0 Å².